The molecule has 0 saturated carbocycles. The first-order valence-electron chi connectivity index (χ1n) is 6.06. The van der Waals surface area contributed by atoms with E-state index in [0.29, 0.717) is 16.6 Å². The average Bonchev–Trinajstić information content (AvgIpc) is 2.41. The summed E-state index contributed by atoms with van der Waals surface area (Å²) in [6, 6.07) is 1.60. The third-order valence-corrected chi connectivity index (χ3v) is 2.97. The molecule has 1 aromatic heterocycles. The molecule has 0 spiro atoms. The number of esters is 1. The van der Waals surface area contributed by atoms with E-state index < -0.39 is 5.97 Å². The van der Waals surface area contributed by atoms with Gasteiger partial charge in [0.1, 0.15) is 0 Å². The van der Waals surface area contributed by atoms with E-state index in [9.17, 15) is 9.59 Å². The lowest BCUT2D eigenvalue weighted by Gasteiger charge is -2.16. The molecular formula is C13H17BrN2O3. The van der Waals surface area contributed by atoms with Crippen molar-refractivity contribution < 1.29 is 14.3 Å². The van der Waals surface area contributed by atoms with Crippen molar-refractivity contribution in [2.45, 2.75) is 19.8 Å². The molecule has 0 aliphatic heterocycles. The quantitative estimate of drug-likeness (QED) is 0.751. The van der Waals surface area contributed by atoms with Gasteiger partial charge in [-0.15, -0.1) is 0 Å². The van der Waals surface area contributed by atoms with Crippen LogP contribution in [0, 0.1) is 0 Å². The van der Waals surface area contributed by atoms with Crippen LogP contribution in [0.5, 0.6) is 0 Å². The van der Waals surface area contributed by atoms with Gasteiger partial charge in [-0.2, -0.15) is 0 Å². The molecule has 1 amide bonds. The van der Waals surface area contributed by atoms with E-state index in [0.717, 1.165) is 12.8 Å². The second kappa shape index (κ2) is 7.89. The second-order valence-corrected chi connectivity index (χ2v) is 5.05. The van der Waals surface area contributed by atoms with Crippen LogP contribution in [0.15, 0.2) is 22.9 Å². The van der Waals surface area contributed by atoms with Crippen molar-refractivity contribution in [1.82, 2.24) is 9.88 Å². The Labute approximate surface area is 121 Å². The Balaban J connectivity index is 2.44. The zero-order valence-electron chi connectivity index (χ0n) is 11.1. The normalized spacial score (nSPS) is 10.1. The maximum absolute atomic E-state index is 11.7. The maximum Gasteiger partial charge on any atom is 0.340 e. The summed E-state index contributed by atoms with van der Waals surface area (Å²) in [5.74, 6) is -0.754. The van der Waals surface area contributed by atoms with Crippen molar-refractivity contribution >= 4 is 27.8 Å². The van der Waals surface area contributed by atoms with E-state index in [4.69, 9.17) is 4.74 Å². The predicted molar refractivity (Wildman–Crippen MR) is 74.8 cm³/mol. The Morgan fingerprint density at radius 3 is 2.79 bits per heavy atom. The molecule has 19 heavy (non-hydrogen) atoms. The SMILES string of the molecule is CCCCN(C)C(=O)COC(=O)c1cncc(Br)c1. The van der Waals surface area contributed by atoms with Gasteiger partial charge in [-0.1, -0.05) is 13.3 Å². The van der Waals surface area contributed by atoms with Crippen molar-refractivity contribution in [3.05, 3.63) is 28.5 Å². The van der Waals surface area contributed by atoms with Crippen LogP contribution in [0.25, 0.3) is 0 Å². The number of unbranched alkanes of at least 4 members (excludes halogenated alkanes) is 1. The summed E-state index contributed by atoms with van der Waals surface area (Å²) in [7, 11) is 1.70. The Kier molecular flexibility index (Phi) is 6.49. The maximum atomic E-state index is 11.7. The Hall–Kier alpha value is -1.43. The van der Waals surface area contributed by atoms with Gasteiger partial charge >= 0.3 is 5.97 Å². The van der Waals surface area contributed by atoms with E-state index in [1.54, 1.807) is 24.2 Å². The summed E-state index contributed by atoms with van der Waals surface area (Å²) in [4.78, 5) is 28.8. The molecular weight excluding hydrogens is 312 g/mol. The molecule has 1 aromatic rings. The topological polar surface area (TPSA) is 59.5 Å². The number of carbonyl (C=O) groups is 2. The van der Waals surface area contributed by atoms with E-state index in [2.05, 4.69) is 27.8 Å². The first-order valence-corrected chi connectivity index (χ1v) is 6.85. The van der Waals surface area contributed by atoms with Crippen LogP contribution in [0.3, 0.4) is 0 Å². The number of rotatable bonds is 6. The van der Waals surface area contributed by atoms with Crippen LogP contribution in [0.1, 0.15) is 30.1 Å². The summed E-state index contributed by atoms with van der Waals surface area (Å²) < 4.78 is 5.64. The molecule has 0 atom stereocenters. The van der Waals surface area contributed by atoms with Crippen molar-refractivity contribution in [1.29, 1.82) is 0 Å². The molecule has 0 N–H and O–H groups in total. The molecule has 1 rings (SSSR count). The molecule has 1 heterocycles. The number of aromatic nitrogens is 1. The summed E-state index contributed by atoms with van der Waals surface area (Å²) in [6.45, 7) is 2.48. The van der Waals surface area contributed by atoms with Crippen LogP contribution in [0.4, 0.5) is 0 Å². The highest BCUT2D eigenvalue weighted by Crippen LogP contribution is 2.10. The number of ether oxygens (including phenoxy) is 1. The lowest BCUT2D eigenvalue weighted by Crippen LogP contribution is -2.32. The highest BCUT2D eigenvalue weighted by atomic mass is 79.9. The van der Waals surface area contributed by atoms with Crippen molar-refractivity contribution in [3.63, 3.8) is 0 Å². The summed E-state index contributed by atoms with van der Waals surface area (Å²) in [5.41, 5.74) is 0.318. The number of amides is 1. The number of halogens is 1. The van der Waals surface area contributed by atoms with Gasteiger partial charge in [0, 0.05) is 30.5 Å². The molecule has 6 heteroatoms. The van der Waals surface area contributed by atoms with E-state index in [-0.39, 0.29) is 12.5 Å². The Bertz CT molecular complexity index is 451. The average molecular weight is 329 g/mol. The van der Waals surface area contributed by atoms with Gasteiger partial charge in [0.25, 0.3) is 5.91 Å². The van der Waals surface area contributed by atoms with Crippen molar-refractivity contribution in [3.8, 4) is 0 Å². The number of hydrogen-bond acceptors (Lipinski definition) is 4. The highest BCUT2D eigenvalue weighted by Gasteiger charge is 2.13. The lowest BCUT2D eigenvalue weighted by molar-refractivity contribution is -0.133. The number of nitrogens with zero attached hydrogens (tertiary/aromatic N) is 2. The Morgan fingerprint density at radius 1 is 1.42 bits per heavy atom. The first kappa shape index (κ1) is 15.6. The van der Waals surface area contributed by atoms with Crippen LogP contribution in [0.2, 0.25) is 0 Å². The van der Waals surface area contributed by atoms with Crippen LogP contribution < -0.4 is 0 Å². The predicted octanol–water partition coefficient (Wildman–Crippen LogP) is 2.26. The summed E-state index contributed by atoms with van der Waals surface area (Å²) in [6.07, 6.45) is 4.92. The first-order chi connectivity index (χ1) is 9.04. The molecule has 0 bridgehead atoms. The van der Waals surface area contributed by atoms with Gasteiger partial charge in [0.05, 0.1) is 5.56 Å². The van der Waals surface area contributed by atoms with Crippen LogP contribution in [-0.2, 0) is 9.53 Å². The minimum absolute atomic E-state index is 0.204. The minimum atomic E-state index is -0.550. The summed E-state index contributed by atoms with van der Waals surface area (Å²) in [5, 5.41) is 0. The Morgan fingerprint density at radius 2 is 2.16 bits per heavy atom. The number of carbonyl (C=O) groups excluding carboxylic acids is 2. The molecule has 0 saturated heterocycles. The number of likely N-dealkylation sites (N-methyl/N-ethyl adjacent to an activating group) is 1. The molecule has 0 aromatic carbocycles. The van der Waals surface area contributed by atoms with E-state index in [1.165, 1.54) is 6.20 Å². The van der Waals surface area contributed by atoms with Gasteiger partial charge in [-0.25, -0.2) is 4.79 Å². The van der Waals surface area contributed by atoms with E-state index in [1.807, 2.05) is 0 Å². The van der Waals surface area contributed by atoms with Crippen LogP contribution >= 0.6 is 15.9 Å². The van der Waals surface area contributed by atoms with Crippen molar-refractivity contribution in [2.24, 2.45) is 0 Å². The monoisotopic (exact) mass is 328 g/mol. The van der Waals surface area contributed by atoms with Crippen LogP contribution in [-0.4, -0.2) is 42.0 Å². The second-order valence-electron chi connectivity index (χ2n) is 4.14. The molecule has 0 radical (unpaired) electrons. The highest BCUT2D eigenvalue weighted by molar-refractivity contribution is 9.10. The fourth-order valence-electron chi connectivity index (χ4n) is 1.36. The third-order valence-electron chi connectivity index (χ3n) is 2.54. The molecule has 0 unspecified atom stereocenters. The van der Waals surface area contributed by atoms with Gasteiger partial charge in [-0.05, 0) is 28.4 Å². The largest absolute Gasteiger partial charge is 0.452 e. The fourth-order valence-corrected chi connectivity index (χ4v) is 1.73. The molecule has 0 fully saturated rings. The number of hydrogen-bond donors (Lipinski definition) is 0. The number of pyridine rings is 1. The molecule has 104 valence electrons. The van der Waals surface area contributed by atoms with E-state index >= 15 is 0 Å². The third kappa shape index (κ3) is 5.38. The minimum Gasteiger partial charge on any atom is -0.452 e. The van der Waals surface area contributed by atoms with Gasteiger partial charge in [-0.3, -0.25) is 9.78 Å². The standard InChI is InChI=1S/C13H17BrN2O3/c1-3-4-5-16(2)12(17)9-19-13(18)10-6-11(14)8-15-7-10/h6-8H,3-5,9H2,1-2H3. The molecule has 5 nitrogen and oxygen atoms in total. The fraction of sp³-hybridized carbons (Fsp3) is 0.462. The zero-order chi connectivity index (χ0) is 14.3. The smallest absolute Gasteiger partial charge is 0.340 e. The van der Waals surface area contributed by atoms with Gasteiger partial charge in [0.2, 0.25) is 0 Å². The zero-order valence-corrected chi connectivity index (χ0v) is 12.6. The van der Waals surface area contributed by atoms with Gasteiger partial charge < -0.3 is 9.64 Å². The molecule has 0 aliphatic rings. The molecule has 0 aliphatic carbocycles. The van der Waals surface area contributed by atoms with Gasteiger partial charge in [0.15, 0.2) is 6.61 Å². The lowest BCUT2D eigenvalue weighted by atomic mass is 10.3. The summed E-state index contributed by atoms with van der Waals surface area (Å²) >= 11 is 3.22. The van der Waals surface area contributed by atoms with Crippen molar-refractivity contribution in [2.75, 3.05) is 20.2 Å².